The molecule has 110 valence electrons. The van der Waals surface area contributed by atoms with E-state index in [1.165, 1.54) is 25.3 Å². The Labute approximate surface area is 119 Å². The summed E-state index contributed by atoms with van der Waals surface area (Å²) < 4.78 is 0. The van der Waals surface area contributed by atoms with Gasteiger partial charge < -0.3 is 5.73 Å². The van der Waals surface area contributed by atoms with E-state index in [-0.39, 0.29) is 10.6 Å². The first kappa shape index (κ1) is 14.8. The average molecular weight is 277 g/mol. The molecule has 1 aromatic carbocycles. The third kappa shape index (κ3) is 2.93. The maximum Gasteiger partial charge on any atom is 0.269 e. The molecular formula is C15H23N3O2. The Morgan fingerprint density at radius 1 is 1.40 bits per heavy atom. The van der Waals surface area contributed by atoms with Gasteiger partial charge in [-0.15, -0.1) is 0 Å². The summed E-state index contributed by atoms with van der Waals surface area (Å²) in [4.78, 5) is 12.8. The molecule has 0 amide bonds. The van der Waals surface area contributed by atoms with Gasteiger partial charge in [0, 0.05) is 30.9 Å². The number of nitro groups is 1. The summed E-state index contributed by atoms with van der Waals surface area (Å²) in [5.41, 5.74) is 7.98. The molecule has 2 rings (SSSR count). The zero-order valence-electron chi connectivity index (χ0n) is 12.3. The summed E-state index contributed by atoms with van der Waals surface area (Å²) in [7, 11) is 0. The number of nitro benzene ring substituents is 1. The van der Waals surface area contributed by atoms with Crippen LogP contribution in [0.25, 0.3) is 0 Å². The smallest absolute Gasteiger partial charge is 0.269 e. The molecule has 1 saturated heterocycles. The van der Waals surface area contributed by atoms with E-state index in [0.29, 0.717) is 17.6 Å². The molecule has 0 aromatic heterocycles. The Balaban J connectivity index is 2.11. The lowest BCUT2D eigenvalue weighted by Gasteiger charge is -2.26. The van der Waals surface area contributed by atoms with Gasteiger partial charge in [0.1, 0.15) is 0 Å². The van der Waals surface area contributed by atoms with Crippen LogP contribution in [0.3, 0.4) is 0 Å². The van der Waals surface area contributed by atoms with E-state index in [0.717, 1.165) is 18.7 Å². The van der Waals surface area contributed by atoms with Crippen LogP contribution in [-0.4, -0.2) is 22.9 Å². The van der Waals surface area contributed by atoms with Gasteiger partial charge in [-0.3, -0.25) is 15.0 Å². The van der Waals surface area contributed by atoms with E-state index in [1.54, 1.807) is 12.1 Å². The molecule has 0 radical (unpaired) electrons. The second-order valence-electron chi connectivity index (χ2n) is 5.81. The first-order chi connectivity index (χ1) is 9.49. The number of hydrogen-bond donors (Lipinski definition) is 1. The minimum Gasteiger partial charge on any atom is -0.398 e. The third-order valence-corrected chi connectivity index (χ3v) is 4.75. The summed E-state index contributed by atoms with van der Waals surface area (Å²) in [6.45, 7) is 7.30. The summed E-state index contributed by atoms with van der Waals surface area (Å²) >= 11 is 0. The molecule has 0 bridgehead atoms. The van der Waals surface area contributed by atoms with Gasteiger partial charge in [0.15, 0.2) is 0 Å². The van der Waals surface area contributed by atoms with E-state index in [1.807, 2.05) is 0 Å². The fourth-order valence-electron chi connectivity index (χ4n) is 3.07. The number of nitrogens with zero attached hydrogens (tertiary/aromatic N) is 2. The molecule has 5 heteroatoms. The maximum atomic E-state index is 10.8. The SMILES string of the molecule is CCC1(CC)CCN(Cc2cc([N+](=O)[O-])ccc2N)C1. The van der Waals surface area contributed by atoms with Crippen molar-refractivity contribution in [2.24, 2.45) is 5.41 Å². The van der Waals surface area contributed by atoms with Crippen LogP contribution in [-0.2, 0) is 6.54 Å². The monoisotopic (exact) mass is 277 g/mol. The van der Waals surface area contributed by atoms with Crippen molar-refractivity contribution in [3.8, 4) is 0 Å². The Morgan fingerprint density at radius 2 is 2.10 bits per heavy atom. The minimum absolute atomic E-state index is 0.116. The molecule has 0 saturated carbocycles. The number of nitrogens with two attached hydrogens (primary N) is 1. The molecule has 0 spiro atoms. The molecule has 1 aromatic rings. The zero-order valence-corrected chi connectivity index (χ0v) is 12.3. The summed E-state index contributed by atoms with van der Waals surface area (Å²) in [5, 5.41) is 10.8. The second kappa shape index (κ2) is 5.79. The topological polar surface area (TPSA) is 72.4 Å². The molecule has 1 aliphatic heterocycles. The number of benzene rings is 1. The van der Waals surface area contributed by atoms with Gasteiger partial charge in [-0.05, 0) is 42.9 Å². The van der Waals surface area contributed by atoms with Gasteiger partial charge in [-0.25, -0.2) is 0 Å². The molecule has 2 N–H and O–H groups in total. The number of anilines is 1. The van der Waals surface area contributed by atoms with Crippen LogP contribution < -0.4 is 5.73 Å². The van der Waals surface area contributed by atoms with Crippen molar-refractivity contribution in [1.82, 2.24) is 4.90 Å². The molecular weight excluding hydrogens is 254 g/mol. The summed E-state index contributed by atoms with van der Waals surface area (Å²) in [6, 6.07) is 4.70. The lowest BCUT2D eigenvalue weighted by molar-refractivity contribution is -0.384. The Kier molecular flexibility index (Phi) is 4.28. The van der Waals surface area contributed by atoms with E-state index in [2.05, 4.69) is 18.7 Å². The van der Waals surface area contributed by atoms with Gasteiger partial charge >= 0.3 is 0 Å². The van der Waals surface area contributed by atoms with Gasteiger partial charge in [-0.2, -0.15) is 0 Å². The van der Waals surface area contributed by atoms with E-state index in [9.17, 15) is 10.1 Å². The largest absolute Gasteiger partial charge is 0.398 e. The van der Waals surface area contributed by atoms with Crippen molar-refractivity contribution in [3.63, 3.8) is 0 Å². The van der Waals surface area contributed by atoms with Crippen LogP contribution in [0.2, 0.25) is 0 Å². The van der Waals surface area contributed by atoms with Gasteiger partial charge in [0.05, 0.1) is 4.92 Å². The van der Waals surface area contributed by atoms with Crippen molar-refractivity contribution in [1.29, 1.82) is 0 Å². The lowest BCUT2D eigenvalue weighted by Crippen LogP contribution is -2.26. The maximum absolute atomic E-state index is 10.8. The highest BCUT2D eigenvalue weighted by molar-refractivity contribution is 5.52. The number of nitrogen functional groups attached to an aromatic ring is 1. The molecule has 1 heterocycles. The number of hydrogen-bond acceptors (Lipinski definition) is 4. The van der Waals surface area contributed by atoms with Gasteiger partial charge in [0.2, 0.25) is 0 Å². The van der Waals surface area contributed by atoms with E-state index in [4.69, 9.17) is 5.73 Å². The number of likely N-dealkylation sites (tertiary alicyclic amines) is 1. The fraction of sp³-hybridized carbons (Fsp3) is 0.600. The van der Waals surface area contributed by atoms with Crippen molar-refractivity contribution in [2.75, 3.05) is 18.8 Å². The van der Waals surface area contributed by atoms with Crippen molar-refractivity contribution in [3.05, 3.63) is 33.9 Å². The summed E-state index contributed by atoms with van der Waals surface area (Å²) in [6.07, 6.45) is 3.57. The summed E-state index contributed by atoms with van der Waals surface area (Å²) in [5.74, 6) is 0. The van der Waals surface area contributed by atoms with Crippen LogP contribution in [0.5, 0.6) is 0 Å². The molecule has 20 heavy (non-hydrogen) atoms. The minimum atomic E-state index is -0.366. The highest BCUT2D eigenvalue weighted by Crippen LogP contribution is 2.38. The molecule has 1 aliphatic rings. The van der Waals surface area contributed by atoms with Crippen molar-refractivity contribution < 1.29 is 4.92 Å². The second-order valence-corrected chi connectivity index (χ2v) is 5.81. The first-order valence-electron chi connectivity index (χ1n) is 7.25. The molecule has 0 atom stereocenters. The molecule has 1 fully saturated rings. The molecule has 0 aliphatic carbocycles. The zero-order chi connectivity index (χ0) is 14.8. The van der Waals surface area contributed by atoms with Crippen molar-refractivity contribution in [2.45, 2.75) is 39.7 Å². The highest BCUT2D eigenvalue weighted by Gasteiger charge is 2.34. The average Bonchev–Trinajstić information content (AvgIpc) is 2.85. The van der Waals surface area contributed by atoms with E-state index < -0.39 is 0 Å². The van der Waals surface area contributed by atoms with E-state index >= 15 is 0 Å². The highest BCUT2D eigenvalue weighted by atomic mass is 16.6. The third-order valence-electron chi connectivity index (χ3n) is 4.75. The van der Waals surface area contributed by atoms with Crippen LogP contribution in [0.15, 0.2) is 18.2 Å². The van der Waals surface area contributed by atoms with Gasteiger partial charge in [0.25, 0.3) is 5.69 Å². The van der Waals surface area contributed by atoms with Crippen LogP contribution in [0.1, 0.15) is 38.7 Å². The number of non-ortho nitro benzene ring substituents is 1. The molecule has 0 unspecified atom stereocenters. The Bertz CT molecular complexity index is 498. The standard InChI is InChI=1S/C15H23N3O2/c1-3-15(4-2)7-8-17(11-15)10-12-9-13(18(19)20)5-6-14(12)16/h5-6,9H,3-4,7-8,10-11,16H2,1-2H3. The van der Waals surface area contributed by atoms with Crippen LogP contribution in [0, 0.1) is 15.5 Å². The Hall–Kier alpha value is -1.62. The predicted octanol–water partition coefficient (Wildman–Crippen LogP) is 3.19. The number of rotatable bonds is 5. The van der Waals surface area contributed by atoms with Crippen LogP contribution >= 0.6 is 0 Å². The molecule has 5 nitrogen and oxygen atoms in total. The normalized spacial score (nSPS) is 18.3. The predicted molar refractivity (Wildman–Crippen MR) is 80.4 cm³/mol. The van der Waals surface area contributed by atoms with Crippen molar-refractivity contribution >= 4 is 11.4 Å². The fourth-order valence-corrected chi connectivity index (χ4v) is 3.07. The quantitative estimate of drug-likeness (QED) is 0.509. The lowest BCUT2D eigenvalue weighted by atomic mass is 9.82. The Morgan fingerprint density at radius 3 is 2.65 bits per heavy atom. The van der Waals surface area contributed by atoms with Gasteiger partial charge in [-0.1, -0.05) is 13.8 Å². The van der Waals surface area contributed by atoms with Crippen LogP contribution in [0.4, 0.5) is 11.4 Å². The first-order valence-corrected chi connectivity index (χ1v) is 7.25.